The van der Waals surface area contributed by atoms with Gasteiger partial charge in [0.15, 0.2) is 0 Å². The topological polar surface area (TPSA) is 71.7 Å². The first-order valence-electron chi connectivity index (χ1n) is 3.84. The molecule has 0 radical (unpaired) electrons. The Labute approximate surface area is 117 Å². The third-order valence-corrected chi connectivity index (χ3v) is 1.69. The molecule has 0 aliphatic rings. The normalized spacial score (nSPS) is 6.12. The van der Waals surface area contributed by atoms with Gasteiger partial charge >= 0.3 is 33.9 Å². The van der Waals surface area contributed by atoms with E-state index in [1.54, 1.807) is 0 Å². The van der Waals surface area contributed by atoms with Crippen LogP contribution in [-0.2, 0) is 37.9 Å². The number of hydrogen-bond acceptors (Lipinski definition) is 1. The molecule has 0 aromatic heterocycles. The van der Waals surface area contributed by atoms with E-state index >= 15 is 0 Å². The summed E-state index contributed by atoms with van der Waals surface area (Å²) >= 11 is 5.86. The van der Waals surface area contributed by atoms with Gasteiger partial charge in [-0.1, -0.05) is 29.8 Å². The number of halogens is 1. The van der Waals surface area contributed by atoms with Gasteiger partial charge in [0.25, 0.3) is 0 Å². The fourth-order valence-corrected chi connectivity index (χ4v) is 1.03. The van der Waals surface area contributed by atoms with Gasteiger partial charge in [-0.25, -0.2) is 0 Å². The van der Waals surface area contributed by atoms with E-state index in [4.69, 9.17) is 25.6 Å². The SMILES string of the molecule is CNCc1ccccc1Cl.[C-]#[O+].[C-]#[O+].[C-]#[O+].[Cr]. The second-order valence-electron chi connectivity index (χ2n) is 2.12. The Kier molecular flexibility index (Phi) is 36.2. The molecule has 0 atom stereocenters. The Balaban J connectivity index is -0.000000106. The summed E-state index contributed by atoms with van der Waals surface area (Å²) in [5.74, 6) is 0. The van der Waals surface area contributed by atoms with Gasteiger partial charge in [-0.15, -0.1) is 0 Å². The van der Waals surface area contributed by atoms with E-state index in [2.05, 4.69) is 25.3 Å². The summed E-state index contributed by atoms with van der Waals surface area (Å²) in [5, 5.41) is 3.87. The van der Waals surface area contributed by atoms with Gasteiger partial charge in [0.2, 0.25) is 0 Å². The predicted octanol–water partition coefficient (Wildman–Crippen LogP) is 1.94. The molecule has 0 aliphatic carbocycles. The average molecular weight is 292 g/mol. The van der Waals surface area contributed by atoms with Gasteiger partial charge in [0.1, 0.15) is 0 Å². The third kappa shape index (κ3) is 15.2. The van der Waals surface area contributed by atoms with Gasteiger partial charge in [0.05, 0.1) is 0 Å². The molecule has 0 fully saturated rings. The van der Waals surface area contributed by atoms with Crippen LogP contribution in [0.2, 0.25) is 5.02 Å². The van der Waals surface area contributed by atoms with Gasteiger partial charge < -0.3 is 5.32 Å². The molecule has 0 aliphatic heterocycles. The van der Waals surface area contributed by atoms with Crippen LogP contribution in [0.25, 0.3) is 0 Å². The third-order valence-electron chi connectivity index (χ3n) is 1.33. The van der Waals surface area contributed by atoms with Crippen LogP contribution in [0, 0.1) is 20.0 Å². The summed E-state index contributed by atoms with van der Waals surface area (Å²) < 4.78 is 22.5. The zero-order valence-electron chi connectivity index (χ0n) is 9.03. The number of hydrogen-bond donors (Lipinski definition) is 1. The maximum absolute atomic E-state index is 7.50. The molecule has 1 aromatic carbocycles. The second kappa shape index (κ2) is 24.4. The van der Waals surface area contributed by atoms with Crippen molar-refractivity contribution < 1.29 is 31.3 Å². The van der Waals surface area contributed by atoms with Crippen LogP contribution >= 0.6 is 11.6 Å². The number of benzene rings is 1. The van der Waals surface area contributed by atoms with Gasteiger partial charge in [-0.3, -0.25) is 0 Å². The van der Waals surface area contributed by atoms with Crippen molar-refractivity contribution in [3.05, 3.63) is 54.8 Å². The van der Waals surface area contributed by atoms with Crippen LogP contribution in [0.15, 0.2) is 24.3 Å². The Morgan fingerprint density at radius 2 is 1.47 bits per heavy atom. The maximum Gasteiger partial charge on any atom is 0 e. The van der Waals surface area contributed by atoms with Crippen molar-refractivity contribution in [1.82, 2.24) is 5.32 Å². The van der Waals surface area contributed by atoms with E-state index in [-0.39, 0.29) is 17.4 Å². The van der Waals surface area contributed by atoms with Crippen molar-refractivity contribution in [2.45, 2.75) is 6.54 Å². The molecule has 1 N–H and O–H groups in total. The molecule has 4 nitrogen and oxygen atoms in total. The molecule has 0 amide bonds. The quantitative estimate of drug-likeness (QED) is 0.656. The maximum atomic E-state index is 7.50. The predicted molar refractivity (Wildman–Crippen MR) is 56.0 cm³/mol. The van der Waals surface area contributed by atoms with Crippen LogP contribution in [0.1, 0.15) is 5.56 Å². The summed E-state index contributed by atoms with van der Waals surface area (Å²) in [7, 11) is 1.91. The molecule has 0 spiro atoms. The van der Waals surface area contributed by atoms with Crippen molar-refractivity contribution in [2.75, 3.05) is 7.05 Å². The zero-order valence-corrected chi connectivity index (χ0v) is 11.1. The van der Waals surface area contributed by atoms with Crippen molar-refractivity contribution in [2.24, 2.45) is 0 Å². The Morgan fingerprint density at radius 1 is 1.06 bits per heavy atom. The van der Waals surface area contributed by atoms with E-state index in [0.717, 1.165) is 17.1 Å². The Hall–Kier alpha value is -0.778. The number of nitrogens with one attached hydrogen (secondary N) is 1. The monoisotopic (exact) mass is 291 g/mol. The summed E-state index contributed by atoms with van der Waals surface area (Å²) in [5.41, 5.74) is 1.15. The van der Waals surface area contributed by atoms with Crippen molar-refractivity contribution in [3.63, 3.8) is 0 Å². The van der Waals surface area contributed by atoms with Crippen molar-refractivity contribution >= 4 is 11.6 Å². The van der Waals surface area contributed by atoms with Crippen LogP contribution in [0.4, 0.5) is 0 Å². The summed E-state index contributed by atoms with van der Waals surface area (Å²) in [6, 6.07) is 7.83. The Morgan fingerprint density at radius 3 is 1.82 bits per heavy atom. The van der Waals surface area contributed by atoms with Crippen LogP contribution in [-0.4, -0.2) is 7.05 Å². The molecule has 1 rings (SSSR count). The van der Waals surface area contributed by atoms with E-state index in [1.165, 1.54) is 0 Å². The molecule has 6 heteroatoms. The molecule has 1 aromatic rings. The molecule has 90 valence electrons. The van der Waals surface area contributed by atoms with Crippen LogP contribution in [0.3, 0.4) is 0 Å². The number of rotatable bonds is 2. The van der Waals surface area contributed by atoms with E-state index < -0.39 is 0 Å². The van der Waals surface area contributed by atoms with Crippen LogP contribution in [0.5, 0.6) is 0 Å². The van der Waals surface area contributed by atoms with E-state index in [9.17, 15) is 0 Å². The summed E-state index contributed by atoms with van der Waals surface area (Å²) in [4.78, 5) is 0. The van der Waals surface area contributed by atoms with Gasteiger partial charge in [-0.2, -0.15) is 0 Å². The fourth-order valence-electron chi connectivity index (χ4n) is 0.832. The molecule has 0 bridgehead atoms. The van der Waals surface area contributed by atoms with Gasteiger partial charge in [0, 0.05) is 28.9 Å². The zero-order chi connectivity index (χ0) is 13.4. The van der Waals surface area contributed by atoms with E-state index in [0.29, 0.717) is 0 Å². The largest absolute Gasteiger partial charge is 0 e. The standard InChI is InChI=1S/C8H10ClN.3CO.Cr/c1-10-6-7-4-2-3-5-8(7)9;3*1-2;/h2-5,10H,6H2,1H3;;;;. The van der Waals surface area contributed by atoms with E-state index in [1.807, 2.05) is 31.3 Å². The van der Waals surface area contributed by atoms with Crippen molar-refractivity contribution in [1.29, 1.82) is 0 Å². The summed E-state index contributed by atoms with van der Waals surface area (Å²) in [6.07, 6.45) is 0. The molecule has 0 saturated carbocycles. The second-order valence-corrected chi connectivity index (χ2v) is 2.53. The minimum absolute atomic E-state index is 0. The summed E-state index contributed by atoms with van der Waals surface area (Å²) in [6.45, 7) is 14.3. The molecule has 17 heavy (non-hydrogen) atoms. The van der Waals surface area contributed by atoms with Crippen molar-refractivity contribution in [3.8, 4) is 0 Å². The first kappa shape index (κ1) is 25.2. The molecular formula is C11H10ClCrNO3. The molecule has 0 saturated heterocycles. The Bertz CT molecular complexity index is 312. The minimum atomic E-state index is 0. The smallest absolute Gasteiger partial charge is 0 e. The minimum Gasteiger partial charge on any atom is 0 e. The molecule has 0 heterocycles. The fraction of sp³-hybridized carbons (Fsp3) is 0.182. The van der Waals surface area contributed by atoms with Gasteiger partial charge in [-0.05, 0) is 18.7 Å². The van der Waals surface area contributed by atoms with Crippen LogP contribution < -0.4 is 5.32 Å². The molecule has 0 unspecified atom stereocenters. The first-order chi connectivity index (χ1) is 7.84. The first-order valence-corrected chi connectivity index (χ1v) is 4.21. The average Bonchev–Trinajstić information content (AvgIpc) is 2.40. The molecular weight excluding hydrogens is 282 g/mol.